The van der Waals surface area contributed by atoms with Crippen LogP contribution in [0.3, 0.4) is 0 Å². The summed E-state index contributed by atoms with van der Waals surface area (Å²) < 4.78 is 1.84. The molecule has 0 bridgehead atoms. The van der Waals surface area contributed by atoms with E-state index < -0.39 is 0 Å². The lowest BCUT2D eigenvalue weighted by molar-refractivity contribution is 0.0954. The lowest BCUT2D eigenvalue weighted by Crippen LogP contribution is -2.17. The number of nitrogens with zero attached hydrogens (tertiary/aromatic N) is 2. The van der Waals surface area contributed by atoms with Gasteiger partial charge in [0.2, 0.25) is 0 Å². The van der Waals surface area contributed by atoms with E-state index in [0.29, 0.717) is 12.3 Å². The molecule has 1 atom stereocenters. The van der Waals surface area contributed by atoms with Gasteiger partial charge in [0, 0.05) is 19.0 Å². The van der Waals surface area contributed by atoms with Crippen molar-refractivity contribution in [3.63, 3.8) is 0 Å². The van der Waals surface area contributed by atoms with E-state index in [1.165, 1.54) is 0 Å². The van der Waals surface area contributed by atoms with E-state index in [-0.39, 0.29) is 5.78 Å². The highest BCUT2D eigenvalue weighted by Crippen LogP contribution is 2.32. The summed E-state index contributed by atoms with van der Waals surface area (Å²) in [4.78, 5) is 12.3. The molecule has 1 aliphatic rings. The maximum absolute atomic E-state index is 12.3. The fraction of sp³-hybridized carbons (Fsp3) is 0.333. The molecule has 2 aromatic rings. The standard InChI is InChI=1S/C15H16N2O/c1-10-8-12-14(13(18)9-10)15(17(2)16-12)11-6-4-3-5-7-11/h3-7,10H,8-9H2,1-2H3. The second-order valence-corrected chi connectivity index (χ2v) is 5.10. The topological polar surface area (TPSA) is 34.9 Å². The van der Waals surface area contributed by atoms with Crippen molar-refractivity contribution in [2.45, 2.75) is 19.8 Å². The van der Waals surface area contributed by atoms with Crippen molar-refractivity contribution in [3.8, 4) is 11.3 Å². The van der Waals surface area contributed by atoms with Crippen molar-refractivity contribution in [1.82, 2.24) is 9.78 Å². The van der Waals surface area contributed by atoms with Crippen LogP contribution in [0.4, 0.5) is 0 Å². The largest absolute Gasteiger partial charge is 0.294 e. The number of aromatic nitrogens is 2. The van der Waals surface area contributed by atoms with Crippen LogP contribution in [0.15, 0.2) is 30.3 Å². The van der Waals surface area contributed by atoms with E-state index in [1.807, 2.05) is 42.1 Å². The average Bonchev–Trinajstić information content (AvgIpc) is 2.66. The van der Waals surface area contributed by atoms with Crippen molar-refractivity contribution >= 4 is 5.78 Å². The van der Waals surface area contributed by atoms with E-state index >= 15 is 0 Å². The Balaban J connectivity index is 2.20. The van der Waals surface area contributed by atoms with Crippen LogP contribution < -0.4 is 0 Å². The molecule has 3 nitrogen and oxygen atoms in total. The van der Waals surface area contributed by atoms with Crippen molar-refractivity contribution in [1.29, 1.82) is 0 Å². The molecule has 0 radical (unpaired) electrons. The summed E-state index contributed by atoms with van der Waals surface area (Å²) >= 11 is 0. The first-order chi connectivity index (χ1) is 8.66. The van der Waals surface area contributed by atoms with Crippen molar-refractivity contribution in [3.05, 3.63) is 41.6 Å². The van der Waals surface area contributed by atoms with Crippen molar-refractivity contribution < 1.29 is 4.79 Å². The van der Waals surface area contributed by atoms with Gasteiger partial charge in [-0.15, -0.1) is 0 Å². The summed E-state index contributed by atoms with van der Waals surface area (Å²) in [5.74, 6) is 0.638. The van der Waals surface area contributed by atoms with Gasteiger partial charge in [-0.05, 0) is 12.3 Å². The molecule has 1 aromatic carbocycles. The Morgan fingerprint density at radius 1 is 1.22 bits per heavy atom. The second-order valence-electron chi connectivity index (χ2n) is 5.10. The third kappa shape index (κ3) is 1.67. The molecule has 3 rings (SSSR count). The first-order valence-electron chi connectivity index (χ1n) is 6.31. The van der Waals surface area contributed by atoms with Gasteiger partial charge >= 0.3 is 0 Å². The van der Waals surface area contributed by atoms with E-state index in [9.17, 15) is 4.79 Å². The Morgan fingerprint density at radius 2 is 1.94 bits per heavy atom. The maximum atomic E-state index is 12.3. The highest BCUT2D eigenvalue weighted by Gasteiger charge is 2.29. The number of fused-ring (bicyclic) bond motifs is 1. The zero-order valence-corrected chi connectivity index (χ0v) is 10.7. The number of carbonyl (C=O) groups is 1. The molecule has 0 saturated heterocycles. The van der Waals surface area contributed by atoms with Gasteiger partial charge < -0.3 is 0 Å². The molecule has 1 heterocycles. The predicted octanol–water partition coefficient (Wildman–Crippen LogP) is 2.85. The molecule has 0 saturated carbocycles. The number of benzene rings is 1. The van der Waals surface area contributed by atoms with Crippen LogP contribution in [0.5, 0.6) is 0 Å². The maximum Gasteiger partial charge on any atom is 0.167 e. The Morgan fingerprint density at radius 3 is 2.67 bits per heavy atom. The van der Waals surface area contributed by atoms with Gasteiger partial charge in [0.05, 0.1) is 17.0 Å². The van der Waals surface area contributed by atoms with Crippen LogP contribution in [0.2, 0.25) is 0 Å². The number of hydrogen-bond donors (Lipinski definition) is 0. The van der Waals surface area contributed by atoms with Gasteiger partial charge in [0.25, 0.3) is 0 Å². The normalized spacial score (nSPS) is 18.8. The summed E-state index contributed by atoms with van der Waals surface area (Å²) in [7, 11) is 1.92. The van der Waals surface area contributed by atoms with Gasteiger partial charge in [-0.1, -0.05) is 37.3 Å². The van der Waals surface area contributed by atoms with Gasteiger partial charge in [0.15, 0.2) is 5.78 Å². The molecule has 0 spiro atoms. The Labute approximate surface area is 106 Å². The first-order valence-corrected chi connectivity index (χ1v) is 6.31. The van der Waals surface area contributed by atoms with Crippen molar-refractivity contribution in [2.75, 3.05) is 0 Å². The van der Waals surface area contributed by atoms with Crippen molar-refractivity contribution in [2.24, 2.45) is 13.0 Å². The minimum atomic E-state index is 0.232. The van der Waals surface area contributed by atoms with Gasteiger partial charge in [-0.2, -0.15) is 5.10 Å². The molecule has 1 aliphatic carbocycles. The van der Waals surface area contributed by atoms with Crippen LogP contribution >= 0.6 is 0 Å². The monoisotopic (exact) mass is 240 g/mol. The first kappa shape index (κ1) is 11.2. The van der Waals surface area contributed by atoms with Crippen LogP contribution in [-0.4, -0.2) is 15.6 Å². The molecule has 0 N–H and O–H groups in total. The number of rotatable bonds is 1. The molecule has 0 amide bonds. The second kappa shape index (κ2) is 4.09. The van der Waals surface area contributed by atoms with E-state index in [4.69, 9.17) is 0 Å². The van der Waals surface area contributed by atoms with Crippen LogP contribution in [-0.2, 0) is 13.5 Å². The zero-order chi connectivity index (χ0) is 12.7. The average molecular weight is 240 g/mol. The Kier molecular flexibility index (Phi) is 2.54. The SMILES string of the molecule is CC1CC(=O)c2c(nn(C)c2-c2ccccc2)C1. The zero-order valence-electron chi connectivity index (χ0n) is 10.7. The van der Waals surface area contributed by atoms with E-state index in [0.717, 1.165) is 28.9 Å². The highest BCUT2D eigenvalue weighted by atomic mass is 16.1. The third-order valence-corrected chi connectivity index (χ3v) is 3.52. The minimum absolute atomic E-state index is 0.232. The van der Waals surface area contributed by atoms with E-state index in [2.05, 4.69) is 12.0 Å². The predicted molar refractivity (Wildman–Crippen MR) is 70.5 cm³/mol. The molecule has 92 valence electrons. The van der Waals surface area contributed by atoms with Gasteiger partial charge in [0.1, 0.15) is 0 Å². The summed E-state index contributed by atoms with van der Waals surface area (Å²) in [6.45, 7) is 2.11. The van der Waals surface area contributed by atoms with Crippen LogP contribution in [0.1, 0.15) is 29.4 Å². The number of hydrogen-bond acceptors (Lipinski definition) is 2. The quantitative estimate of drug-likeness (QED) is 0.768. The molecular weight excluding hydrogens is 224 g/mol. The number of ketones is 1. The molecule has 3 heteroatoms. The molecule has 0 aliphatic heterocycles. The van der Waals surface area contributed by atoms with E-state index in [1.54, 1.807) is 0 Å². The van der Waals surface area contributed by atoms with Gasteiger partial charge in [-0.3, -0.25) is 9.48 Å². The highest BCUT2D eigenvalue weighted by molar-refractivity contribution is 6.03. The Hall–Kier alpha value is -1.90. The molecule has 1 aromatic heterocycles. The minimum Gasteiger partial charge on any atom is -0.294 e. The number of Topliss-reactive ketones (excluding diaryl/α,β-unsaturated/α-hetero) is 1. The fourth-order valence-electron chi connectivity index (χ4n) is 2.76. The summed E-state index contributed by atoms with van der Waals surface area (Å²) in [6, 6.07) is 10.0. The van der Waals surface area contributed by atoms with Crippen LogP contribution in [0.25, 0.3) is 11.3 Å². The summed E-state index contributed by atoms with van der Waals surface area (Å²) in [5.41, 5.74) is 3.82. The van der Waals surface area contributed by atoms with Gasteiger partial charge in [-0.25, -0.2) is 0 Å². The lowest BCUT2D eigenvalue weighted by atomic mass is 9.86. The molecular formula is C15H16N2O. The fourth-order valence-corrected chi connectivity index (χ4v) is 2.76. The third-order valence-electron chi connectivity index (χ3n) is 3.52. The lowest BCUT2D eigenvalue weighted by Gasteiger charge is -2.16. The summed E-state index contributed by atoms with van der Waals surface area (Å²) in [6.07, 6.45) is 1.54. The summed E-state index contributed by atoms with van der Waals surface area (Å²) in [5, 5.41) is 4.52. The molecule has 0 fully saturated rings. The smallest absolute Gasteiger partial charge is 0.167 e. The molecule has 18 heavy (non-hydrogen) atoms. The Bertz CT molecular complexity index is 598. The van der Waals surface area contributed by atoms with Crippen LogP contribution in [0, 0.1) is 5.92 Å². The number of aryl methyl sites for hydroxylation is 1. The number of carbonyl (C=O) groups excluding carboxylic acids is 1. The molecule has 1 unspecified atom stereocenters.